The maximum absolute atomic E-state index is 2.37. The molecule has 0 fully saturated rings. The van der Waals surface area contributed by atoms with Crippen molar-refractivity contribution in [1.29, 1.82) is 0 Å². The predicted octanol–water partition coefficient (Wildman–Crippen LogP) is 5.37. The Kier molecular flexibility index (Phi) is 9.12. The summed E-state index contributed by atoms with van der Waals surface area (Å²) >= 11 is 2.08. The zero-order valence-electron chi connectivity index (χ0n) is 11.5. The van der Waals surface area contributed by atoms with Crippen LogP contribution in [0.15, 0.2) is 0 Å². The van der Waals surface area contributed by atoms with Gasteiger partial charge in [-0.25, -0.2) is 0 Å². The number of hydrogen-bond acceptors (Lipinski definition) is 1. The van der Waals surface area contributed by atoms with Crippen LogP contribution < -0.4 is 0 Å². The zero-order chi connectivity index (χ0) is 11.8. The van der Waals surface area contributed by atoms with Crippen molar-refractivity contribution in [3.63, 3.8) is 0 Å². The monoisotopic (exact) mass is 218 g/mol. The first kappa shape index (κ1) is 16.8. The molecule has 0 aromatic heterocycles. The largest absolute Gasteiger partial charge is 0.156 e. The highest BCUT2D eigenvalue weighted by atomic mass is 32.2. The lowest BCUT2D eigenvalue weighted by molar-refractivity contribution is 0.292. The van der Waals surface area contributed by atoms with E-state index < -0.39 is 0 Å². The molecule has 0 nitrogen and oxygen atoms in total. The summed E-state index contributed by atoms with van der Waals surface area (Å²) in [6.07, 6.45) is 2.59. The van der Waals surface area contributed by atoms with Crippen molar-refractivity contribution in [3.8, 4) is 0 Å². The van der Waals surface area contributed by atoms with Crippen molar-refractivity contribution in [3.05, 3.63) is 0 Å². The Balaban J connectivity index is 0. The van der Waals surface area contributed by atoms with E-state index in [1.54, 1.807) is 0 Å². The van der Waals surface area contributed by atoms with Crippen LogP contribution in [-0.4, -0.2) is 10.5 Å². The van der Waals surface area contributed by atoms with Crippen LogP contribution in [0.2, 0.25) is 0 Å². The molecular formula is C13H30S. The smallest absolute Gasteiger partial charge is 0.0108 e. The SMILES string of the molecule is CC.CCSC(C)(C)CC(C)(C)CC. The standard InChI is InChI=1S/C11H24S.C2H6/c1-7-10(3,4)9-11(5,6)12-8-2;1-2/h7-9H2,1-6H3;1-2H3. The Morgan fingerprint density at radius 3 is 1.64 bits per heavy atom. The molecule has 0 aliphatic rings. The minimum atomic E-state index is 0.453. The third-order valence-corrected chi connectivity index (χ3v) is 3.61. The van der Waals surface area contributed by atoms with Crippen molar-refractivity contribution >= 4 is 11.8 Å². The number of thioether (sulfide) groups is 1. The summed E-state index contributed by atoms with van der Waals surface area (Å²) < 4.78 is 0.453. The van der Waals surface area contributed by atoms with E-state index in [0.717, 1.165) is 0 Å². The number of rotatable bonds is 5. The maximum atomic E-state index is 2.37. The Morgan fingerprint density at radius 1 is 0.929 bits per heavy atom. The summed E-state index contributed by atoms with van der Waals surface area (Å²) in [5.74, 6) is 1.23. The lowest BCUT2D eigenvalue weighted by Crippen LogP contribution is -2.25. The first-order valence-electron chi connectivity index (χ1n) is 5.97. The van der Waals surface area contributed by atoms with Gasteiger partial charge < -0.3 is 0 Å². The molecule has 14 heavy (non-hydrogen) atoms. The van der Waals surface area contributed by atoms with Crippen molar-refractivity contribution in [2.75, 3.05) is 5.75 Å². The molecule has 0 N–H and O–H groups in total. The summed E-state index contributed by atoms with van der Waals surface area (Å²) in [5.41, 5.74) is 0.506. The highest BCUT2D eigenvalue weighted by Gasteiger charge is 2.27. The van der Waals surface area contributed by atoms with E-state index in [-0.39, 0.29) is 0 Å². The van der Waals surface area contributed by atoms with Crippen LogP contribution in [0.3, 0.4) is 0 Å². The Hall–Kier alpha value is 0.350. The van der Waals surface area contributed by atoms with Gasteiger partial charge >= 0.3 is 0 Å². The second-order valence-corrected chi connectivity index (χ2v) is 6.86. The van der Waals surface area contributed by atoms with Crippen molar-refractivity contribution in [2.45, 2.75) is 73.0 Å². The summed E-state index contributed by atoms with van der Waals surface area (Å²) in [5, 5.41) is 0. The van der Waals surface area contributed by atoms with Gasteiger partial charge in [-0.2, -0.15) is 11.8 Å². The van der Waals surface area contributed by atoms with E-state index in [0.29, 0.717) is 10.2 Å². The van der Waals surface area contributed by atoms with Gasteiger partial charge in [-0.05, 0) is 17.6 Å². The number of hydrogen-bond donors (Lipinski definition) is 0. The van der Waals surface area contributed by atoms with E-state index in [2.05, 4.69) is 53.3 Å². The molecule has 0 unspecified atom stereocenters. The van der Waals surface area contributed by atoms with Crippen molar-refractivity contribution < 1.29 is 0 Å². The normalized spacial score (nSPS) is 12.0. The topological polar surface area (TPSA) is 0 Å². The molecule has 0 heterocycles. The van der Waals surface area contributed by atoms with Crippen LogP contribution in [0.25, 0.3) is 0 Å². The molecule has 88 valence electrons. The maximum Gasteiger partial charge on any atom is 0.0108 e. The molecule has 0 aromatic carbocycles. The molecule has 1 heteroatoms. The Labute approximate surface area is 96.2 Å². The highest BCUT2D eigenvalue weighted by molar-refractivity contribution is 8.00. The zero-order valence-corrected chi connectivity index (χ0v) is 12.3. The third-order valence-electron chi connectivity index (χ3n) is 2.40. The van der Waals surface area contributed by atoms with E-state index in [1.807, 2.05) is 13.8 Å². The minimum Gasteiger partial charge on any atom is -0.156 e. The molecule has 0 bridgehead atoms. The Morgan fingerprint density at radius 2 is 1.36 bits per heavy atom. The van der Waals surface area contributed by atoms with Crippen LogP contribution in [0, 0.1) is 5.41 Å². The van der Waals surface area contributed by atoms with Gasteiger partial charge in [0, 0.05) is 4.75 Å². The molecular weight excluding hydrogens is 188 g/mol. The second-order valence-electron chi connectivity index (χ2n) is 4.89. The van der Waals surface area contributed by atoms with Crippen molar-refractivity contribution in [2.24, 2.45) is 5.41 Å². The van der Waals surface area contributed by atoms with Crippen molar-refractivity contribution in [1.82, 2.24) is 0 Å². The molecule has 0 saturated heterocycles. The molecule has 0 amide bonds. The minimum absolute atomic E-state index is 0.453. The van der Waals surface area contributed by atoms with E-state index in [4.69, 9.17) is 0 Å². The quantitative estimate of drug-likeness (QED) is 0.598. The summed E-state index contributed by atoms with van der Waals surface area (Å²) in [7, 11) is 0. The summed E-state index contributed by atoms with van der Waals surface area (Å²) in [6.45, 7) is 18.0. The fraction of sp³-hybridized carbons (Fsp3) is 1.00. The second kappa shape index (κ2) is 7.62. The van der Waals surface area contributed by atoms with Gasteiger partial charge in [-0.1, -0.05) is 61.8 Å². The van der Waals surface area contributed by atoms with E-state index >= 15 is 0 Å². The molecule has 0 saturated carbocycles. The average molecular weight is 218 g/mol. The van der Waals surface area contributed by atoms with Crippen LogP contribution >= 0.6 is 11.8 Å². The fourth-order valence-electron chi connectivity index (χ4n) is 1.72. The molecule has 0 radical (unpaired) electrons. The highest BCUT2D eigenvalue weighted by Crippen LogP contribution is 2.38. The van der Waals surface area contributed by atoms with Crippen LogP contribution in [0.5, 0.6) is 0 Å². The summed E-state index contributed by atoms with van der Waals surface area (Å²) in [6, 6.07) is 0. The van der Waals surface area contributed by atoms with Gasteiger partial charge in [0.2, 0.25) is 0 Å². The van der Waals surface area contributed by atoms with Gasteiger partial charge in [0.15, 0.2) is 0 Å². The molecule has 0 atom stereocenters. The van der Waals surface area contributed by atoms with Gasteiger partial charge in [-0.15, -0.1) is 0 Å². The van der Waals surface area contributed by atoms with Gasteiger partial charge in [0.25, 0.3) is 0 Å². The molecule has 0 rings (SSSR count). The molecule has 0 aromatic rings. The van der Waals surface area contributed by atoms with E-state index in [1.165, 1.54) is 18.6 Å². The lowest BCUT2D eigenvalue weighted by atomic mass is 9.81. The van der Waals surface area contributed by atoms with Gasteiger partial charge in [0.05, 0.1) is 0 Å². The Bertz CT molecular complexity index is 125. The lowest BCUT2D eigenvalue weighted by Gasteiger charge is -2.33. The predicted molar refractivity (Wildman–Crippen MR) is 72.2 cm³/mol. The summed E-state index contributed by atoms with van der Waals surface area (Å²) in [4.78, 5) is 0. The van der Waals surface area contributed by atoms with Crippen LogP contribution in [0.4, 0.5) is 0 Å². The molecule has 0 aliphatic heterocycles. The van der Waals surface area contributed by atoms with Gasteiger partial charge in [0.1, 0.15) is 0 Å². The van der Waals surface area contributed by atoms with Crippen LogP contribution in [-0.2, 0) is 0 Å². The average Bonchev–Trinajstić information content (AvgIpc) is 2.06. The molecule has 0 aliphatic carbocycles. The third kappa shape index (κ3) is 8.93. The fourth-order valence-corrected chi connectivity index (χ4v) is 2.99. The van der Waals surface area contributed by atoms with Gasteiger partial charge in [-0.3, -0.25) is 0 Å². The van der Waals surface area contributed by atoms with Crippen LogP contribution in [0.1, 0.15) is 68.2 Å². The first-order valence-corrected chi connectivity index (χ1v) is 6.95. The molecule has 0 spiro atoms. The van der Waals surface area contributed by atoms with E-state index in [9.17, 15) is 0 Å². The first-order chi connectivity index (χ1) is 6.33.